The third-order valence-electron chi connectivity index (χ3n) is 5.14. The molecule has 4 atom stereocenters. The number of amides is 3. The molecule has 0 radical (unpaired) electrons. The number of carbonyl (C=O) groups is 5. The highest BCUT2D eigenvalue weighted by atomic mass is 16.4. The summed E-state index contributed by atoms with van der Waals surface area (Å²) in [5.74, 6) is -5.14. The van der Waals surface area contributed by atoms with Gasteiger partial charge in [0.25, 0.3) is 0 Å². The summed E-state index contributed by atoms with van der Waals surface area (Å²) in [6, 6.07) is 0.590. The van der Waals surface area contributed by atoms with Gasteiger partial charge < -0.3 is 42.1 Å². The lowest BCUT2D eigenvalue weighted by molar-refractivity contribution is -0.143. The van der Waals surface area contributed by atoms with Crippen LogP contribution in [0.3, 0.4) is 0 Å². The number of carbonyl (C=O) groups excluding carboxylic acids is 3. The van der Waals surface area contributed by atoms with Crippen LogP contribution in [0.2, 0.25) is 0 Å². The van der Waals surface area contributed by atoms with Gasteiger partial charge in [0.15, 0.2) is 0 Å². The fourth-order valence-electron chi connectivity index (χ4n) is 3.21. The summed E-state index contributed by atoms with van der Waals surface area (Å²) >= 11 is 0. The van der Waals surface area contributed by atoms with Gasteiger partial charge in [-0.05, 0) is 36.5 Å². The van der Waals surface area contributed by atoms with E-state index in [1.54, 1.807) is 13.8 Å². The van der Waals surface area contributed by atoms with Crippen LogP contribution in [-0.4, -0.2) is 80.9 Å². The van der Waals surface area contributed by atoms with Crippen LogP contribution in [0.25, 0.3) is 0 Å². The van der Waals surface area contributed by atoms with Gasteiger partial charge in [-0.1, -0.05) is 26.0 Å². The molecule has 0 saturated carbocycles. The van der Waals surface area contributed by atoms with E-state index in [1.807, 2.05) is 0 Å². The minimum atomic E-state index is -1.51. The highest BCUT2D eigenvalue weighted by Crippen LogP contribution is 2.13. The molecule has 0 aliphatic heterocycles. The molecule has 0 fully saturated rings. The Balaban J connectivity index is 3.15. The number of hydrogen-bond donors (Lipinski definition) is 8. The van der Waals surface area contributed by atoms with E-state index >= 15 is 0 Å². The van der Waals surface area contributed by atoms with Crippen molar-refractivity contribution in [3.05, 3.63) is 29.8 Å². The Bertz CT molecular complexity index is 921. The normalized spacial score (nSPS) is 14.2. The number of carboxylic acids is 2. The van der Waals surface area contributed by atoms with Crippen LogP contribution in [0.1, 0.15) is 38.7 Å². The Kier molecular flexibility index (Phi) is 12.3. The molecule has 0 saturated heterocycles. The first kappa shape index (κ1) is 30.3. The van der Waals surface area contributed by atoms with Gasteiger partial charge >= 0.3 is 11.9 Å². The van der Waals surface area contributed by atoms with Crippen molar-refractivity contribution in [1.82, 2.24) is 16.0 Å². The number of phenols is 1. The first-order chi connectivity index (χ1) is 16.8. The molecule has 13 nitrogen and oxygen atoms in total. The van der Waals surface area contributed by atoms with Crippen LogP contribution in [-0.2, 0) is 30.4 Å². The minimum Gasteiger partial charge on any atom is -0.508 e. The maximum atomic E-state index is 13.1. The Morgan fingerprint density at radius 2 is 1.39 bits per heavy atom. The van der Waals surface area contributed by atoms with Crippen molar-refractivity contribution in [2.45, 2.75) is 63.7 Å². The van der Waals surface area contributed by atoms with Gasteiger partial charge in [-0.3, -0.25) is 19.2 Å². The van der Waals surface area contributed by atoms with Gasteiger partial charge in [-0.25, -0.2) is 4.79 Å². The van der Waals surface area contributed by atoms with E-state index in [9.17, 15) is 34.2 Å². The monoisotopic (exact) mass is 510 g/mol. The number of aromatic hydroxyl groups is 1. The standard InChI is InChI=1S/C23H34N4O9/c1-12(2)9-17(26-20(32)15(24)11-28)21(33)27-18(10-13-3-5-14(29)6-4-13)22(34)25-16(23(35)36)7-8-19(30)31/h3-6,12,15-18,28-29H,7-11,24H2,1-2H3,(H,25,34)(H,26,32)(H,27,33)(H,30,31)(H,35,36). The molecule has 13 heteroatoms. The number of aliphatic hydroxyl groups is 1. The topological polar surface area (TPSA) is 228 Å². The maximum absolute atomic E-state index is 13.1. The molecular weight excluding hydrogens is 476 g/mol. The van der Waals surface area contributed by atoms with Crippen LogP contribution in [0, 0.1) is 5.92 Å². The molecular formula is C23H34N4O9. The van der Waals surface area contributed by atoms with Gasteiger partial charge in [0.1, 0.15) is 29.9 Å². The molecule has 36 heavy (non-hydrogen) atoms. The molecule has 1 aromatic rings. The van der Waals surface area contributed by atoms with Gasteiger partial charge in [0, 0.05) is 12.8 Å². The van der Waals surface area contributed by atoms with Gasteiger partial charge in [-0.2, -0.15) is 0 Å². The Morgan fingerprint density at radius 3 is 1.89 bits per heavy atom. The number of aliphatic carboxylic acids is 2. The second kappa shape index (κ2) is 14.6. The van der Waals surface area contributed by atoms with Crippen molar-refractivity contribution in [3.8, 4) is 5.75 Å². The zero-order valence-corrected chi connectivity index (χ0v) is 20.1. The number of nitrogens with two attached hydrogens (primary N) is 1. The molecule has 0 aliphatic rings. The van der Waals surface area contributed by atoms with Crippen molar-refractivity contribution in [2.75, 3.05) is 6.61 Å². The third-order valence-corrected chi connectivity index (χ3v) is 5.14. The highest BCUT2D eigenvalue weighted by molar-refractivity contribution is 5.94. The molecule has 9 N–H and O–H groups in total. The number of carboxylic acid groups (broad SMARTS) is 2. The maximum Gasteiger partial charge on any atom is 0.326 e. The molecule has 200 valence electrons. The van der Waals surface area contributed by atoms with E-state index in [4.69, 9.17) is 15.9 Å². The quantitative estimate of drug-likeness (QED) is 0.139. The smallest absolute Gasteiger partial charge is 0.326 e. The Hall–Kier alpha value is -3.71. The largest absolute Gasteiger partial charge is 0.508 e. The predicted octanol–water partition coefficient (Wildman–Crippen LogP) is -1.30. The molecule has 0 aliphatic carbocycles. The molecule has 4 unspecified atom stereocenters. The van der Waals surface area contributed by atoms with Crippen molar-refractivity contribution < 1.29 is 44.4 Å². The summed E-state index contributed by atoms with van der Waals surface area (Å²) in [7, 11) is 0. The Labute approximate surface area is 208 Å². The summed E-state index contributed by atoms with van der Waals surface area (Å²) in [6.07, 6.45) is -0.789. The number of hydrogen-bond acceptors (Lipinski definition) is 8. The molecule has 1 aromatic carbocycles. The molecule has 0 spiro atoms. The molecule has 1 rings (SSSR count). The fourth-order valence-corrected chi connectivity index (χ4v) is 3.21. The minimum absolute atomic E-state index is 0.0247. The van der Waals surface area contributed by atoms with Crippen molar-refractivity contribution in [1.29, 1.82) is 0 Å². The lowest BCUT2D eigenvalue weighted by Gasteiger charge is -2.26. The second-order valence-electron chi connectivity index (χ2n) is 8.74. The van der Waals surface area contributed by atoms with Crippen molar-refractivity contribution >= 4 is 29.7 Å². The average molecular weight is 511 g/mol. The van der Waals surface area contributed by atoms with E-state index in [1.165, 1.54) is 24.3 Å². The van der Waals surface area contributed by atoms with Gasteiger partial charge in [-0.15, -0.1) is 0 Å². The number of phenolic OH excluding ortho intramolecular Hbond substituents is 1. The summed E-state index contributed by atoms with van der Waals surface area (Å²) in [5, 5.41) is 44.0. The van der Waals surface area contributed by atoms with E-state index in [2.05, 4.69) is 16.0 Å². The number of benzene rings is 1. The van der Waals surface area contributed by atoms with Gasteiger partial charge in [0.05, 0.1) is 6.61 Å². The number of nitrogens with one attached hydrogen (secondary N) is 3. The van der Waals surface area contributed by atoms with Crippen LogP contribution in [0.15, 0.2) is 24.3 Å². The summed E-state index contributed by atoms with van der Waals surface area (Å²) in [6.45, 7) is 2.97. The first-order valence-corrected chi connectivity index (χ1v) is 11.3. The van der Waals surface area contributed by atoms with Crippen LogP contribution >= 0.6 is 0 Å². The summed E-state index contributed by atoms with van der Waals surface area (Å²) < 4.78 is 0. The zero-order chi connectivity index (χ0) is 27.4. The predicted molar refractivity (Wildman–Crippen MR) is 127 cm³/mol. The molecule has 3 amide bonds. The number of aliphatic hydroxyl groups excluding tert-OH is 1. The molecule has 0 bridgehead atoms. The fraction of sp³-hybridized carbons (Fsp3) is 0.522. The zero-order valence-electron chi connectivity index (χ0n) is 20.1. The summed E-state index contributed by atoms with van der Waals surface area (Å²) in [4.78, 5) is 60.6. The average Bonchev–Trinajstić information content (AvgIpc) is 2.80. The molecule has 0 heterocycles. The van der Waals surface area contributed by atoms with Gasteiger partial charge in [0.2, 0.25) is 17.7 Å². The second-order valence-corrected chi connectivity index (χ2v) is 8.74. The first-order valence-electron chi connectivity index (χ1n) is 11.3. The van der Waals surface area contributed by atoms with Crippen molar-refractivity contribution in [2.24, 2.45) is 11.7 Å². The van der Waals surface area contributed by atoms with E-state index in [0.29, 0.717) is 5.56 Å². The van der Waals surface area contributed by atoms with Crippen molar-refractivity contribution in [3.63, 3.8) is 0 Å². The van der Waals surface area contributed by atoms with Crippen LogP contribution in [0.4, 0.5) is 0 Å². The lowest BCUT2D eigenvalue weighted by Crippen LogP contribution is -2.58. The highest BCUT2D eigenvalue weighted by Gasteiger charge is 2.31. The van der Waals surface area contributed by atoms with E-state index < -0.39 is 66.9 Å². The number of rotatable bonds is 15. The van der Waals surface area contributed by atoms with Crippen LogP contribution in [0.5, 0.6) is 5.75 Å². The SMILES string of the molecule is CC(C)CC(NC(=O)C(N)CO)C(=O)NC(Cc1ccc(O)cc1)C(=O)NC(CCC(=O)O)C(=O)O. The Morgan fingerprint density at radius 1 is 0.861 bits per heavy atom. The lowest BCUT2D eigenvalue weighted by atomic mass is 10.0. The third kappa shape index (κ3) is 10.7. The van der Waals surface area contributed by atoms with Crippen LogP contribution < -0.4 is 21.7 Å². The molecule has 0 aromatic heterocycles. The summed E-state index contributed by atoms with van der Waals surface area (Å²) in [5.41, 5.74) is 6.04. The van der Waals surface area contributed by atoms with E-state index in [-0.39, 0.29) is 30.9 Å². The van der Waals surface area contributed by atoms with E-state index in [0.717, 1.165) is 0 Å².